The molecule has 0 saturated heterocycles. The summed E-state index contributed by atoms with van der Waals surface area (Å²) < 4.78 is 15.3. The maximum Gasteiger partial charge on any atom is 0.274 e. The quantitative estimate of drug-likeness (QED) is 0.303. The van der Waals surface area contributed by atoms with E-state index in [-0.39, 0.29) is 48.7 Å². The van der Waals surface area contributed by atoms with Crippen LogP contribution in [0.4, 0.5) is 0 Å². The lowest BCUT2D eigenvalue weighted by Gasteiger charge is -2.26. The Balaban J connectivity index is 1.77. The smallest absolute Gasteiger partial charge is 0.274 e. The molecular formula is C30H41N3O7. The minimum Gasteiger partial charge on any atom is -0.382 e. The predicted octanol–water partition coefficient (Wildman–Crippen LogP) is 3.28. The van der Waals surface area contributed by atoms with Gasteiger partial charge in [0.25, 0.3) is 5.91 Å². The van der Waals surface area contributed by atoms with E-state index >= 15 is 0 Å². The molecule has 40 heavy (non-hydrogen) atoms. The number of ketones is 2. The first-order valence-electron chi connectivity index (χ1n) is 13.7. The molecule has 1 aromatic heterocycles. The van der Waals surface area contributed by atoms with Crippen LogP contribution in [0.1, 0.15) is 68.3 Å². The van der Waals surface area contributed by atoms with Crippen molar-refractivity contribution in [1.82, 2.24) is 15.8 Å². The van der Waals surface area contributed by atoms with Gasteiger partial charge in [0, 0.05) is 38.0 Å². The molecule has 1 aliphatic carbocycles. The van der Waals surface area contributed by atoms with Gasteiger partial charge in [-0.05, 0) is 37.2 Å². The van der Waals surface area contributed by atoms with Crippen LogP contribution >= 0.6 is 0 Å². The summed E-state index contributed by atoms with van der Waals surface area (Å²) in [7, 11) is 2.92. The minimum atomic E-state index is -1.01. The number of nitrogens with one attached hydrogen (secondary N) is 2. The van der Waals surface area contributed by atoms with Crippen LogP contribution in [-0.2, 0) is 36.9 Å². The molecule has 0 spiro atoms. The minimum absolute atomic E-state index is 0.00291. The van der Waals surface area contributed by atoms with Crippen molar-refractivity contribution >= 4 is 23.4 Å². The molecular weight excluding hydrogens is 514 g/mol. The van der Waals surface area contributed by atoms with E-state index in [4.69, 9.17) is 14.0 Å². The molecule has 3 atom stereocenters. The third kappa shape index (κ3) is 8.82. The highest BCUT2D eigenvalue weighted by Crippen LogP contribution is 2.47. The Labute approximate surface area is 235 Å². The first-order chi connectivity index (χ1) is 19.1. The molecule has 2 amide bonds. The number of Topliss-reactive ketones (excluding diaryl/α,β-unsaturated/α-hetero) is 2. The number of rotatable bonds is 17. The Morgan fingerprint density at radius 3 is 2.33 bits per heavy atom. The lowest BCUT2D eigenvalue weighted by atomic mass is 9.88. The Kier molecular flexibility index (Phi) is 11.2. The van der Waals surface area contributed by atoms with E-state index in [2.05, 4.69) is 15.8 Å². The summed E-state index contributed by atoms with van der Waals surface area (Å²) in [6, 6.07) is 9.21. The van der Waals surface area contributed by atoms with Crippen LogP contribution in [0.25, 0.3) is 0 Å². The van der Waals surface area contributed by atoms with Gasteiger partial charge in [-0.25, -0.2) is 0 Å². The van der Waals surface area contributed by atoms with Crippen LogP contribution in [0.3, 0.4) is 0 Å². The summed E-state index contributed by atoms with van der Waals surface area (Å²) >= 11 is 0. The van der Waals surface area contributed by atoms with Crippen molar-refractivity contribution in [3.63, 3.8) is 0 Å². The molecule has 1 aromatic carbocycles. The fourth-order valence-corrected chi connectivity index (χ4v) is 4.63. The van der Waals surface area contributed by atoms with Crippen molar-refractivity contribution in [2.24, 2.45) is 17.3 Å². The van der Waals surface area contributed by atoms with Gasteiger partial charge < -0.3 is 24.6 Å². The van der Waals surface area contributed by atoms with Crippen molar-refractivity contribution in [2.45, 2.75) is 71.6 Å². The highest BCUT2D eigenvalue weighted by atomic mass is 16.5. The molecule has 1 heterocycles. The number of methoxy groups -OCH3 is 2. The number of nitrogens with zero attached hydrogens (tertiary/aromatic N) is 1. The monoisotopic (exact) mass is 555 g/mol. The summed E-state index contributed by atoms with van der Waals surface area (Å²) in [5, 5.41) is 9.36. The second-order valence-electron chi connectivity index (χ2n) is 11.3. The number of amides is 2. The van der Waals surface area contributed by atoms with E-state index < -0.39 is 29.3 Å². The average molecular weight is 556 g/mol. The molecule has 0 bridgehead atoms. The van der Waals surface area contributed by atoms with Crippen LogP contribution in [0.5, 0.6) is 0 Å². The van der Waals surface area contributed by atoms with Gasteiger partial charge in [0.2, 0.25) is 5.91 Å². The fraction of sp³-hybridized carbons (Fsp3) is 0.567. The molecule has 3 rings (SSSR count). The highest BCUT2D eigenvalue weighted by molar-refractivity contribution is 5.98. The van der Waals surface area contributed by atoms with E-state index in [0.717, 1.165) is 18.4 Å². The van der Waals surface area contributed by atoms with E-state index in [1.807, 2.05) is 51.1 Å². The van der Waals surface area contributed by atoms with Crippen LogP contribution in [0.2, 0.25) is 0 Å². The highest BCUT2D eigenvalue weighted by Gasteiger charge is 2.48. The van der Waals surface area contributed by atoms with Crippen molar-refractivity contribution < 1.29 is 33.2 Å². The molecule has 10 nitrogen and oxygen atoms in total. The summed E-state index contributed by atoms with van der Waals surface area (Å²) in [5.41, 5.74) is 0.496. The second kappa shape index (κ2) is 14.3. The van der Waals surface area contributed by atoms with Gasteiger partial charge in [0.1, 0.15) is 12.6 Å². The Hall–Kier alpha value is -3.37. The summed E-state index contributed by atoms with van der Waals surface area (Å²) in [6.07, 6.45) is 2.31. The molecule has 0 aliphatic heterocycles. The van der Waals surface area contributed by atoms with Gasteiger partial charge in [0.15, 0.2) is 23.0 Å². The number of hydrogen-bond donors (Lipinski definition) is 2. The molecule has 0 unspecified atom stereocenters. The van der Waals surface area contributed by atoms with Gasteiger partial charge in [-0.1, -0.05) is 56.3 Å². The number of carbonyl (C=O) groups excluding carboxylic acids is 4. The third-order valence-electron chi connectivity index (χ3n) is 7.18. The average Bonchev–Trinajstić information content (AvgIpc) is 3.49. The molecule has 1 aliphatic rings. The van der Waals surface area contributed by atoms with Crippen molar-refractivity contribution in [3.8, 4) is 0 Å². The third-order valence-corrected chi connectivity index (χ3v) is 7.18. The van der Waals surface area contributed by atoms with E-state index in [9.17, 15) is 19.2 Å². The van der Waals surface area contributed by atoms with Crippen LogP contribution in [-0.4, -0.2) is 61.4 Å². The largest absolute Gasteiger partial charge is 0.382 e. The Bertz CT molecular complexity index is 1160. The first-order valence-corrected chi connectivity index (χ1v) is 13.7. The Morgan fingerprint density at radius 1 is 1.02 bits per heavy atom. The lowest BCUT2D eigenvalue weighted by Crippen LogP contribution is -2.49. The summed E-state index contributed by atoms with van der Waals surface area (Å²) in [5.74, 6) is -1.46. The topological polar surface area (TPSA) is 137 Å². The molecule has 10 heteroatoms. The summed E-state index contributed by atoms with van der Waals surface area (Å²) in [4.78, 5) is 53.1. The zero-order valence-electron chi connectivity index (χ0n) is 24.0. The second-order valence-corrected chi connectivity index (χ2v) is 11.3. The molecule has 0 radical (unpaired) electrons. The van der Waals surface area contributed by atoms with Crippen molar-refractivity contribution in [3.05, 3.63) is 53.4 Å². The molecule has 2 N–H and O–H groups in total. The molecule has 2 aromatic rings. The number of carbonyl (C=O) groups is 4. The van der Waals surface area contributed by atoms with Crippen molar-refractivity contribution in [1.29, 1.82) is 0 Å². The zero-order valence-corrected chi connectivity index (χ0v) is 24.0. The van der Waals surface area contributed by atoms with Gasteiger partial charge in [0.05, 0.1) is 12.6 Å². The summed E-state index contributed by atoms with van der Waals surface area (Å²) in [6.45, 7) is 6.02. The van der Waals surface area contributed by atoms with E-state index in [1.54, 1.807) is 0 Å². The van der Waals surface area contributed by atoms with Crippen LogP contribution in [0.15, 0.2) is 40.9 Å². The van der Waals surface area contributed by atoms with Gasteiger partial charge in [-0.15, -0.1) is 0 Å². The zero-order chi connectivity index (χ0) is 29.3. The fourth-order valence-electron chi connectivity index (χ4n) is 4.63. The first kappa shape index (κ1) is 31.2. The number of ether oxygens (including phenoxy) is 2. The van der Waals surface area contributed by atoms with E-state index in [1.165, 1.54) is 20.3 Å². The van der Waals surface area contributed by atoms with E-state index in [0.29, 0.717) is 18.6 Å². The number of benzene rings is 1. The standard InChI is InChI=1S/C30H41N3O7/c1-19(2)13-23(27(35)30(3)11-12-30)31-28(36)21(14-20-9-7-6-8-10-20)15-26(34)25(18-39-5)32-29(37)24-16-22(17-38-4)40-33-24/h6-10,16,19,21,23,25H,11-15,17-18H2,1-5H3,(H,31,36)(H,32,37)/t21-,23+,25+/m1/s1. The van der Waals surface area contributed by atoms with Gasteiger partial charge in [-0.3, -0.25) is 19.2 Å². The maximum absolute atomic E-state index is 13.6. The van der Waals surface area contributed by atoms with Crippen LogP contribution < -0.4 is 10.6 Å². The van der Waals surface area contributed by atoms with Gasteiger partial charge >= 0.3 is 0 Å². The van der Waals surface area contributed by atoms with Gasteiger partial charge in [-0.2, -0.15) is 0 Å². The normalized spacial score (nSPS) is 16.1. The molecule has 1 saturated carbocycles. The van der Waals surface area contributed by atoms with Crippen LogP contribution in [0, 0.1) is 17.3 Å². The molecule has 1 fully saturated rings. The molecule has 218 valence electrons. The lowest BCUT2D eigenvalue weighted by molar-refractivity contribution is -0.134. The SMILES string of the molecule is COCc1cc(C(=O)N[C@@H](COC)C(=O)C[C@@H](Cc2ccccc2)C(=O)N[C@@H](CC(C)C)C(=O)C2(C)CC2)no1. The maximum atomic E-state index is 13.6. The van der Waals surface area contributed by atoms with Crippen molar-refractivity contribution in [2.75, 3.05) is 20.8 Å². The Morgan fingerprint density at radius 2 is 1.73 bits per heavy atom. The number of aromatic nitrogens is 1. The predicted molar refractivity (Wildman–Crippen MR) is 147 cm³/mol. The number of hydrogen-bond acceptors (Lipinski definition) is 8.